The van der Waals surface area contributed by atoms with Crippen LogP contribution < -0.4 is 4.90 Å². The smallest absolute Gasteiger partial charge is 0.264 e. The second kappa shape index (κ2) is 9.78. The van der Waals surface area contributed by atoms with E-state index < -0.39 is 23.9 Å². The molecule has 0 aliphatic carbocycles. The topological polar surface area (TPSA) is 98.0 Å². The highest BCUT2D eigenvalue weighted by Crippen LogP contribution is 2.35. The lowest BCUT2D eigenvalue weighted by Crippen LogP contribution is -2.44. The molecule has 1 saturated heterocycles. The summed E-state index contributed by atoms with van der Waals surface area (Å²) in [5.74, 6) is -1.21. The molecule has 4 aromatic carbocycles. The van der Waals surface area contributed by atoms with Crippen molar-refractivity contribution in [3.63, 3.8) is 0 Å². The molecule has 3 atom stereocenters. The van der Waals surface area contributed by atoms with Crippen LogP contribution in [0.3, 0.4) is 0 Å². The number of hydrazone groups is 1. The van der Waals surface area contributed by atoms with Crippen molar-refractivity contribution in [3.05, 3.63) is 114 Å². The zero-order chi connectivity index (χ0) is 28.1. The minimum atomic E-state index is -0.975. The number of benzene rings is 4. The first kappa shape index (κ1) is 24.8. The van der Waals surface area contributed by atoms with Gasteiger partial charge in [0, 0.05) is 6.42 Å². The predicted molar refractivity (Wildman–Crippen MR) is 154 cm³/mol. The van der Waals surface area contributed by atoms with Crippen LogP contribution in [-0.4, -0.2) is 52.1 Å². The Bertz CT molecular complexity index is 1750. The Hall–Kier alpha value is -5.18. The molecule has 0 N–H and O–H groups in total. The average Bonchev–Trinajstić information content (AvgIpc) is 3.69. The van der Waals surface area contributed by atoms with Gasteiger partial charge in [-0.2, -0.15) is 10.2 Å². The van der Waals surface area contributed by atoms with Gasteiger partial charge in [0.15, 0.2) is 12.1 Å². The van der Waals surface area contributed by atoms with Gasteiger partial charge in [-0.15, -0.1) is 0 Å². The third-order valence-electron chi connectivity index (χ3n) is 7.88. The van der Waals surface area contributed by atoms with Crippen LogP contribution in [0.15, 0.2) is 113 Å². The minimum Gasteiger partial charge on any atom is -0.271 e. The highest BCUT2D eigenvalue weighted by Gasteiger charge is 2.55. The maximum absolute atomic E-state index is 13.8. The fraction of sp³-hybridized carbons (Fsp3) is 0.188. The molecule has 9 heteroatoms. The first-order valence-electron chi connectivity index (χ1n) is 13.5. The Morgan fingerprint density at radius 3 is 2.37 bits per heavy atom. The second-order valence-electron chi connectivity index (χ2n) is 10.5. The summed E-state index contributed by atoms with van der Waals surface area (Å²) in [5.41, 5.74) is 4.21. The molecule has 3 aliphatic heterocycles. The SMILES string of the molecule is Cc1ccc(N2C(=O)[C@@H]3[C@@H](N=NN3CC(=O)N3N=C(c4ccc5ccccc5c4)C[C@H]3c3ccccc3)C2=O)cc1. The summed E-state index contributed by atoms with van der Waals surface area (Å²) in [6, 6.07) is 29.0. The predicted octanol–water partition coefficient (Wildman–Crippen LogP) is 4.82. The van der Waals surface area contributed by atoms with E-state index in [-0.39, 0.29) is 18.5 Å². The Balaban J connectivity index is 1.16. The van der Waals surface area contributed by atoms with Gasteiger partial charge >= 0.3 is 0 Å². The van der Waals surface area contributed by atoms with Crippen LogP contribution in [0, 0.1) is 6.92 Å². The number of carbonyl (C=O) groups excluding carboxylic acids is 3. The number of rotatable bonds is 5. The fourth-order valence-electron chi connectivity index (χ4n) is 5.73. The number of fused-ring (bicyclic) bond motifs is 2. The van der Waals surface area contributed by atoms with E-state index in [1.165, 1.54) is 10.0 Å². The monoisotopic (exact) mass is 542 g/mol. The quantitative estimate of drug-likeness (QED) is 0.338. The van der Waals surface area contributed by atoms with E-state index >= 15 is 0 Å². The summed E-state index contributed by atoms with van der Waals surface area (Å²) >= 11 is 0. The van der Waals surface area contributed by atoms with Crippen LogP contribution >= 0.6 is 0 Å². The molecule has 0 spiro atoms. The van der Waals surface area contributed by atoms with Gasteiger partial charge in [0.25, 0.3) is 17.7 Å². The van der Waals surface area contributed by atoms with Crippen molar-refractivity contribution in [2.24, 2.45) is 15.4 Å². The zero-order valence-corrected chi connectivity index (χ0v) is 22.3. The fourth-order valence-corrected chi connectivity index (χ4v) is 5.73. The van der Waals surface area contributed by atoms with Crippen LogP contribution in [0.2, 0.25) is 0 Å². The van der Waals surface area contributed by atoms with Gasteiger partial charge in [0.1, 0.15) is 6.54 Å². The molecule has 4 aromatic rings. The van der Waals surface area contributed by atoms with Crippen molar-refractivity contribution in [3.8, 4) is 0 Å². The molecular weight excluding hydrogens is 516 g/mol. The highest BCUT2D eigenvalue weighted by atomic mass is 16.2. The zero-order valence-electron chi connectivity index (χ0n) is 22.3. The number of aryl methyl sites for hydroxylation is 1. The largest absolute Gasteiger partial charge is 0.271 e. The summed E-state index contributed by atoms with van der Waals surface area (Å²) in [6.07, 6.45) is 0.542. The highest BCUT2D eigenvalue weighted by molar-refractivity contribution is 6.25. The number of imide groups is 1. The van der Waals surface area contributed by atoms with E-state index in [0.29, 0.717) is 12.1 Å². The molecular formula is C32H26N6O3. The van der Waals surface area contributed by atoms with Gasteiger partial charge in [0.05, 0.1) is 17.4 Å². The maximum Gasteiger partial charge on any atom is 0.264 e. The van der Waals surface area contributed by atoms with Crippen molar-refractivity contribution in [2.45, 2.75) is 31.5 Å². The number of hydrogen-bond acceptors (Lipinski definition) is 7. The Morgan fingerprint density at radius 2 is 1.59 bits per heavy atom. The summed E-state index contributed by atoms with van der Waals surface area (Å²) in [4.78, 5) is 41.5. The van der Waals surface area contributed by atoms with E-state index in [1.54, 1.807) is 12.1 Å². The Morgan fingerprint density at radius 1 is 0.854 bits per heavy atom. The number of anilines is 1. The van der Waals surface area contributed by atoms with E-state index in [1.807, 2.05) is 67.6 Å². The molecule has 0 saturated carbocycles. The molecule has 41 heavy (non-hydrogen) atoms. The molecule has 0 bridgehead atoms. The van der Waals surface area contributed by atoms with Crippen molar-refractivity contribution in [2.75, 3.05) is 11.4 Å². The molecule has 9 nitrogen and oxygen atoms in total. The third kappa shape index (κ3) is 4.26. The van der Waals surface area contributed by atoms with Gasteiger partial charge in [-0.3, -0.25) is 19.4 Å². The standard InChI is InChI=1S/C32H26N6O3/c1-20-11-15-25(16-12-20)37-31(40)29-30(32(37)41)36(35-33-29)19-28(39)38-27(22-8-3-2-4-9-22)18-26(34-38)24-14-13-21-7-5-6-10-23(21)17-24/h2-17,27,29-30H,18-19H2,1H3/t27-,29+,30-/m0/s1. The Labute approximate surface area is 236 Å². The summed E-state index contributed by atoms with van der Waals surface area (Å²) < 4.78 is 0. The lowest BCUT2D eigenvalue weighted by Gasteiger charge is -2.25. The van der Waals surface area contributed by atoms with Gasteiger partial charge in [-0.05, 0) is 47.0 Å². The van der Waals surface area contributed by atoms with Gasteiger partial charge < -0.3 is 0 Å². The molecule has 7 rings (SSSR count). The first-order valence-corrected chi connectivity index (χ1v) is 13.5. The summed E-state index contributed by atoms with van der Waals surface area (Å²) in [7, 11) is 0. The second-order valence-corrected chi connectivity index (χ2v) is 10.5. The Kier molecular flexibility index (Phi) is 5.92. The summed E-state index contributed by atoms with van der Waals surface area (Å²) in [5, 5.41) is 18.0. The molecule has 1 fully saturated rings. The van der Waals surface area contributed by atoms with Gasteiger partial charge in [-0.25, -0.2) is 9.91 Å². The molecule has 0 radical (unpaired) electrons. The molecule has 0 aromatic heterocycles. The van der Waals surface area contributed by atoms with E-state index in [9.17, 15) is 14.4 Å². The number of hydrogen-bond donors (Lipinski definition) is 0. The molecule has 3 aliphatic rings. The normalized spacial score (nSPS) is 21.6. The van der Waals surface area contributed by atoms with Crippen LogP contribution in [0.25, 0.3) is 10.8 Å². The minimum absolute atomic E-state index is 0.233. The third-order valence-corrected chi connectivity index (χ3v) is 7.88. The first-order chi connectivity index (χ1) is 20.0. The van der Waals surface area contributed by atoms with Crippen molar-refractivity contribution in [1.82, 2.24) is 10.0 Å². The van der Waals surface area contributed by atoms with Crippen LogP contribution in [-0.2, 0) is 14.4 Å². The van der Waals surface area contributed by atoms with Crippen LogP contribution in [0.5, 0.6) is 0 Å². The number of amides is 3. The van der Waals surface area contributed by atoms with Crippen LogP contribution in [0.4, 0.5) is 5.69 Å². The van der Waals surface area contributed by atoms with E-state index in [0.717, 1.165) is 38.1 Å². The molecule has 3 amide bonds. The van der Waals surface area contributed by atoms with Crippen LogP contribution in [0.1, 0.15) is 29.2 Å². The average molecular weight is 543 g/mol. The number of carbonyl (C=O) groups is 3. The molecule has 202 valence electrons. The van der Waals surface area contributed by atoms with Crippen molar-refractivity contribution >= 4 is 39.9 Å². The van der Waals surface area contributed by atoms with Gasteiger partial charge in [0.2, 0.25) is 0 Å². The number of nitrogens with zero attached hydrogens (tertiary/aromatic N) is 6. The maximum atomic E-state index is 13.8. The van der Waals surface area contributed by atoms with E-state index in [4.69, 9.17) is 5.10 Å². The van der Waals surface area contributed by atoms with Crippen molar-refractivity contribution < 1.29 is 14.4 Å². The lowest BCUT2D eigenvalue weighted by atomic mass is 9.97. The molecule has 3 heterocycles. The van der Waals surface area contributed by atoms with Gasteiger partial charge in [-0.1, -0.05) is 89.6 Å². The van der Waals surface area contributed by atoms with E-state index in [2.05, 4.69) is 34.6 Å². The van der Waals surface area contributed by atoms with Crippen molar-refractivity contribution in [1.29, 1.82) is 0 Å². The lowest BCUT2D eigenvalue weighted by molar-refractivity contribution is -0.135. The summed E-state index contributed by atoms with van der Waals surface area (Å²) in [6.45, 7) is 1.70. The molecule has 0 unspecified atom stereocenters.